The Morgan fingerprint density at radius 2 is 1.90 bits per heavy atom. The number of benzene rings is 1. The monoisotopic (exact) mass is 279 g/mol. The second kappa shape index (κ2) is 4.70. The summed E-state index contributed by atoms with van der Waals surface area (Å²) in [4.78, 5) is 16.4. The minimum absolute atomic E-state index is 0.103. The van der Waals surface area contributed by atoms with Crippen molar-refractivity contribution in [2.45, 2.75) is 18.9 Å². The van der Waals surface area contributed by atoms with Gasteiger partial charge < -0.3 is 9.84 Å². The first-order chi connectivity index (χ1) is 10.3. The van der Waals surface area contributed by atoms with Crippen molar-refractivity contribution >= 4 is 16.9 Å². The van der Waals surface area contributed by atoms with E-state index >= 15 is 0 Å². The van der Waals surface area contributed by atoms with Gasteiger partial charge in [-0.1, -0.05) is 29.4 Å². The van der Waals surface area contributed by atoms with E-state index in [1.807, 2.05) is 12.1 Å². The van der Waals surface area contributed by atoms with Crippen LogP contribution in [0.3, 0.4) is 0 Å². The number of hydrogen-bond donors (Lipinski definition) is 1. The lowest BCUT2D eigenvalue weighted by Gasteiger charge is -2.10. The van der Waals surface area contributed by atoms with Crippen LogP contribution in [0.4, 0.5) is 0 Å². The van der Waals surface area contributed by atoms with E-state index in [9.17, 15) is 4.79 Å². The fourth-order valence-corrected chi connectivity index (χ4v) is 2.86. The minimum Gasteiger partial charge on any atom is -0.348 e. The Morgan fingerprint density at radius 1 is 1.14 bits per heavy atom. The van der Waals surface area contributed by atoms with Gasteiger partial charge in [0.1, 0.15) is 0 Å². The molecule has 0 saturated carbocycles. The van der Waals surface area contributed by atoms with E-state index in [4.69, 9.17) is 4.52 Å². The molecule has 21 heavy (non-hydrogen) atoms. The van der Waals surface area contributed by atoms with Crippen molar-refractivity contribution in [2.24, 2.45) is 0 Å². The highest BCUT2D eigenvalue weighted by Crippen LogP contribution is 2.22. The number of pyridine rings is 1. The highest BCUT2D eigenvalue weighted by Gasteiger charge is 2.25. The van der Waals surface area contributed by atoms with Gasteiger partial charge in [-0.3, -0.25) is 4.79 Å². The van der Waals surface area contributed by atoms with Crippen LogP contribution < -0.4 is 5.32 Å². The molecule has 0 saturated heterocycles. The molecule has 0 bridgehead atoms. The van der Waals surface area contributed by atoms with E-state index in [1.54, 1.807) is 18.3 Å². The van der Waals surface area contributed by atoms with Crippen molar-refractivity contribution in [3.63, 3.8) is 0 Å². The number of hydrogen-bond acceptors (Lipinski definition) is 4. The van der Waals surface area contributed by atoms with Gasteiger partial charge in [0, 0.05) is 12.2 Å². The highest BCUT2D eigenvalue weighted by molar-refractivity contribution is 6.02. The quantitative estimate of drug-likeness (QED) is 0.780. The molecule has 104 valence electrons. The summed E-state index contributed by atoms with van der Waals surface area (Å²) in [5, 5.41) is 7.47. The van der Waals surface area contributed by atoms with E-state index in [2.05, 4.69) is 27.6 Å². The van der Waals surface area contributed by atoms with Crippen molar-refractivity contribution in [3.8, 4) is 0 Å². The molecule has 0 spiro atoms. The van der Waals surface area contributed by atoms with Crippen LogP contribution in [0.25, 0.3) is 11.0 Å². The molecule has 5 nitrogen and oxygen atoms in total. The van der Waals surface area contributed by atoms with Crippen LogP contribution in [0, 0.1) is 0 Å². The Bertz CT molecular complexity index is 800. The highest BCUT2D eigenvalue weighted by atomic mass is 16.5. The van der Waals surface area contributed by atoms with Crippen LogP contribution in [0.5, 0.6) is 0 Å². The van der Waals surface area contributed by atoms with Crippen LogP contribution >= 0.6 is 0 Å². The number of amides is 1. The maximum absolute atomic E-state index is 12.4. The van der Waals surface area contributed by atoms with Gasteiger partial charge in [-0.25, -0.2) is 4.98 Å². The molecule has 0 atom stereocenters. The molecule has 1 aromatic carbocycles. The summed E-state index contributed by atoms with van der Waals surface area (Å²) in [5.41, 5.74) is 3.05. The fourth-order valence-electron chi connectivity index (χ4n) is 2.86. The number of aromatic nitrogens is 2. The third kappa shape index (κ3) is 2.07. The Morgan fingerprint density at radius 3 is 2.67 bits per heavy atom. The molecule has 1 N–H and O–H groups in total. The Hall–Kier alpha value is -2.69. The molecular formula is C16H13N3O2. The molecule has 0 unspecified atom stereocenters. The van der Waals surface area contributed by atoms with Crippen molar-refractivity contribution in [3.05, 3.63) is 59.5 Å². The molecule has 0 radical (unpaired) electrons. The summed E-state index contributed by atoms with van der Waals surface area (Å²) >= 11 is 0. The zero-order valence-corrected chi connectivity index (χ0v) is 11.2. The van der Waals surface area contributed by atoms with Crippen LogP contribution in [-0.2, 0) is 12.8 Å². The smallest absolute Gasteiger partial charge is 0.290 e. The van der Waals surface area contributed by atoms with Gasteiger partial charge in [0.25, 0.3) is 5.91 Å². The molecule has 5 heteroatoms. The second-order valence-electron chi connectivity index (χ2n) is 5.23. The topological polar surface area (TPSA) is 68.0 Å². The second-order valence-corrected chi connectivity index (χ2v) is 5.23. The van der Waals surface area contributed by atoms with Crippen molar-refractivity contribution < 1.29 is 9.32 Å². The van der Waals surface area contributed by atoms with Crippen molar-refractivity contribution in [1.29, 1.82) is 0 Å². The summed E-state index contributed by atoms with van der Waals surface area (Å²) in [5.74, 6) is -0.00244. The predicted octanol–water partition coefficient (Wildman–Crippen LogP) is 2.12. The van der Waals surface area contributed by atoms with Crippen LogP contribution in [0.15, 0.2) is 47.1 Å². The predicted molar refractivity (Wildman–Crippen MR) is 76.9 cm³/mol. The Labute approximate surface area is 121 Å². The molecule has 0 fully saturated rings. The normalized spacial score (nSPS) is 14.3. The lowest BCUT2D eigenvalue weighted by atomic mass is 10.1. The third-order valence-electron chi connectivity index (χ3n) is 3.85. The summed E-state index contributed by atoms with van der Waals surface area (Å²) < 4.78 is 5.14. The SMILES string of the molecule is O=C(NC1Cc2ccccc2C1)c1onc2ncccc12. The maximum atomic E-state index is 12.4. The lowest BCUT2D eigenvalue weighted by Crippen LogP contribution is -2.35. The van der Waals surface area contributed by atoms with Gasteiger partial charge in [-0.15, -0.1) is 0 Å². The van der Waals surface area contributed by atoms with Gasteiger partial charge in [0.15, 0.2) is 0 Å². The number of carbonyl (C=O) groups excluding carboxylic acids is 1. The Kier molecular flexibility index (Phi) is 2.70. The molecule has 2 aromatic heterocycles. The Balaban J connectivity index is 1.55. The number of rotatable bonds is 2. The number of carbonyl (C=O) groups is 1. The summed E-state index contributed by atoms with van der Waals surface area (Å²) in [6.07, 6.45) is 3.33. The first-order valence-corrected chi connectivity index (χ1v) is 6.89. The van der Waals surface area contributed by atoms with Gasteiger partial charge in [0.2, 0.25) is 11.4 Å². The summed E-state index contributed by atoms with van der Waals surface area (Å²) in [6.45, 7) is 0. The first kappa shape index (κ1) is 12.1. The van der Waals surface area contributed by atoms with E-state index in [0.29, 0.717) is 11.0 Å². The van der Waals surface area contributed by atoms with Gasteiger partial charge in [-0.2, -0.15) is 0 Å². The average molecular weight is 279 g/mol. The van der Waals surface area contributed by atoms with E-state index in [0.717, 1.165) is 12.8 Å². The molecule has 2 heterocycles. The molecule has 3 aromatic rings. The van der Waals surface area contributed by atoms with Crippen molar-refractivity contribution in [2.75, 3.05) is 0 Å². The van der Waals surface area contributed by atoms with Crippen LogP contribution in [0.2, 0.25) is 0 Å². The number of nitrogens with zero attached hydrogens (tertiary/aromatic N) is 2. The largest absolute Gasteiger partial charge is 0.348 e. The zero-order chi connectivity index (χ0) is 14.2. The third-order valence-corrected chi connectivity index (χ3v) is 3.85. The maximum Gasteiger partial charge on any atom is 0.290 e. The van der Waals surface area contributed by atoms with Crippen LogP contribution in [0.1, 0.15) is 21.7 Å². The molecular weight excluding hydrogens is 266 g/mol. The van der Waals surface area contributed by atoms with Crippen LogP contribution in [-0.4, -0.2) is 22.1 Å². The van der Waals surface area contributed by atoms with Gasteiger partial charge in [-0.05, 0) is 36.1 Å². The number of nitrogens with one attached hydrogen (secondary N) is 1. The standard InChI is InChI=1S/C16H13N3O2/c20-16(14-13-6-3-7-17-15(13)19-21-14)18-12-8-10-4-1-2-5-11(10)9-12/h1-7,12H,8-9H2,(H,18,20). The van der Waals surface area contributed by atoms with E-state index in [-0.39, 0.29) is 17.7 Å². The minimum atomic E-state index is -0.233. The first-order valence-electron chi connectivity index (χ1n) is 6.89. The number of fused-ring (bicyclic) bond motifs is 2. The van der Waals surface area contributed by atoms with Gasteiger partial charge >= 0.3 is 0 Å². The average Bonchev–Trinajstić information content (AvgIpc) is 3.10. The van der Waals surface area contributed by atoms with Crippen molar-refractivity contribution in [1.82, 2.24) is 15.5 Å². The van der Waals surface area contributed by atoms with E-state index in [1.165, 1.54) is 11.1 Å². The fraction of sp³-hybridized carbons (Fsp3) is 0.188. The summed E-state index contributed by atoms with van der Waals surface area (Å²) in [7, 11) is 0. The van der Waals surface area contributed by atoms with Gasteiger partial charge in [0.05, 0.1) is 5.39 Å². The molecule has 4 rings (SSSR count). The summed E-state index contributed by atoms with van der Waals surface area (Å²) in [6, 6.07) is 11.9. The zero-order valence-electron chi connectivity index (χ0n) is 11.2. The molecule has 1 aliphatic carbocycles. The van der Waals surface area contributed by atoms with E-state index < -0.39 is 0 Å². The molecule has 1 amide bonds. The lowest BCUT2D eigenvalue weighted by molar-refractivity contribution is 0.0904. The molecule has 0 aliphatic heterocycles. The molecule has 1 aliphatic rings.